The van der Waals surface area contributed by atoms with Gasteiger partial charge < -0.3 is 21.8 Å². The number of benzene rings is 1. The van der Waals surface area contributed by atoms with Gasteiger partial charge in [0.05, 0.1) is 11.4 Å². The molecule has 2 aromatic rings. The lowest BCUT2D eigenvalue weighted by Gasteiger charge is -2.12. The number of rotatable bonds is 7. The van der Waals surface area contributed by atoms with Crippen molar-refractivity contribution in [1.29, 1.82) is 5.41 Å². The van der Waals surface area contributed by atoms with Crippen LogP contribution >= 0.6 is 0 Å². The summed E-state index contributed by atoms with van der Waals surface area (Å²) in [4.78, 5) is 8.38. The van der Waals surface area contributed by atoms with E-state index in [-0.39, 0.29) is 12.0 Å². The van der Waals surface area contributed by atoms with Gasteiger partial charge in [-0.15, -0.1) is 0 Å². The molecule has 0 fully saturated rings. The Bertz CT molecular complexity index is 683. The number of nitrogen functional groups attached to an aromatic ring is 1. The van der Waals surface area contributed by atoms with E-state index in [0.29, 0.717) is 23.6 Å². The van der Waals surface area contributed by atoms with Crippen LogP contribution in [0.5, 0.6) is 0 Å². The Morgan fingerprint density at radius 2 is 2.09 bits per heavy atom. The zero-order valence-electron chi connectivity index (χ0n) is 13.9. The normalized spacial score (nSPS) is 12.0. The summed E-state index contributed by atoms with van der Waals surface area (Å²) in [5.41, 5.74) is 8.97. The molecule has 6 heteroatoms. The van der Waals surface area contributed by atoms with E-state index in [1.165, 1.54) is 5.56 Å². The van der Waals surface area contributed by atoms with Crippen molar-refractivity contribution in [2.75, 3.05) is 18.1 Å². The highest BCUT2D eigenvalue weighted by Crippen LogP contribution is 2.18. The maximum Gasteiger partial charge on any atom is 0.222 e. The largest absolute Gasteiger partial charge is 0.368 e. The minimum absolute atomic E-state index is 0.165. The van der Waals surface area contributed by atoms with Crippen LogP contribution in [0.3, 0.4) is 0 Å². The predicted octanol–water partition coefficient (Wildman–Crippen LogP) is 2.73. The Kier molecular flexibility index (Phi) is 5.65. The first-order valence-corrected chi connectivity index (χ1v) is 7.77. The molecule has 0 bridgehead atoms. The summed E-state index contributed by atoms with van der Waals surface area (Å²) >= 11 is 0. The minimum Gasteiger partial charge on any atom is -0.368 e. The number of anilines is 3. The summed E-state index contributed by atoms with van der Waals surface area (Å²) in [5.74, 6) is 0.765. The molecule has 0 radical (unpaired) electrons. The van der Waals surface area contributed by atoms with Crippen LogP contribution in [0, 0.1) is 5.41 Å². The highest BCUT2D eigenvalue weighted by molar-refractivity contribution is 5.97. The van der Waals surface area contributed by atoms with E-state index < -0.39 is 0 Å². The lowest BCUT2D eigenvalue weighted by atomic mass is 10.1. The smallest absolute Gasteiger partial charge is 0.222 e. The van der Waals surface area contributed by atoms with Crippen LogP contribution in [0.15, 0.2) is 30.3 Å². The van der Waals surface area contributed by atoms with E-state index in [1.807, 2.05) is 26.1 Å². The monoisotopic (exact) mass is 312 g/mol. The summed E-state index contributed by atoms with van der Waals surface area (Å²) in [6.07, 6.45) is 1.55. The van der Waals surface area contributed by atoms with Gasteiger partial charge in [-0.3, -0.25) is 0 Å². The van der Waals surface area contributed by atoms with Gasteiger partial charge in [-0.25, -0.2) is 4.98 Å². The maximum atomic E-state index is 8.19. The highest BCUT2D eigenvalue weighted by Gasteiger charge is 2.11. The quantitative estimate of drug-likeness (QED) is 0.589. The number of aryl methyl sites for hydroxylation is 1. The van der Waals surface area contributed by atoms with E-state index in [4.69, 9.17) is 11.1 Å². The molecule has 0 saturated heterocycles. The average molecular weight is 312 g/mol. The third-order valence-electron chi connectivity index (χ3n) is 3.66. The van der Waals surface area contributed by atoms with Crippen molar-refractivity contribution in [3.8, 4) is 0 Å². The zero-order chi connectivity index (χ0) is 16.8. The fourth-order valence-corrected chi connectivity index (χ4v) is 2.21. The van der Waals surface area contributed by atoms with Crippen molar-refractivity contribution in [2.24, 2.45) is 0 Å². The molecule has 0 amide bonds. The second kappa shape index (κ2) is 7.69. The Labute approximate surface area is 137 Å². The van der Waals surface area contributed by atoms with Crippen LogP contribution in [-0.2, 0) is 6.42 Å². The van der Waals surface area contributed by atoms with Crippen molar-refractivity contribution >= 4 is 23.2 Å². The Balaban J connectivity index is 2.21. The molecule has 5 N–H and O–H groups in total. The van der Waals surface area contributed by atoms with Crippen LogP contribution in [0.4, 0.5) is 17.5 Å². The Morgan fingerprint density at radius 1 is 1.30 bits per heavy atom. The van der Waals surface area contributed by atoms with Crippen LogP contribution in [0.25, 0.3) is 0 Å². The summed E-state index contributed by atoms with van der Waals surface area (Å²) in [6.45, 7) is 4.14. The van der Waals surface area contributed by atoms with Crippen LogP contribution in [0.2, 0.25) is 0 Å². The number of hydrogen-bond acceptors (Lipinski definition) is 6. The number of nitrogens with zero attached hydrogens (tertiary/aromatic N) is 2. The highest BCUT2D eigenvalue weighted by atomic mass is 15.1. The van der Waals surface area contributed by atoms with Crippen molar-refractivity contribution < 1.29 is 0 Å². The fraction of sp³-hybridized carbons (Fsp3) is 0.353. The first kappa shape index (κ1) is 16.9. The molecule has 0 aliphatic rings. The number of aromatic nitrogens is 2. The molecule has 1 aromatic carbocycles. The molecule has 2 rings (SSSR count). The zero-order valence-corrected chi connectivity index (χ0v) is 13.9. The van der Waals surface area contributed by atoms with E-state index >= 15 is 0 Å². The van der Waals surface area contributed by atoms with Crippen molar-refractivity contribution in [3.63, 3.8) is 0 Å². The molecule has 0 unspecified atom stereocenters. The second-order valence-corrected chi connectivity index (χ2v) is 5.55. The van der Waals surface area contributed by atoms with Gasteiger partial charge in [0.1, 0.15) is 5.82 Å². The molecule has 1 heterocycles. The average Bonchev–Trinajstić information content (AvgIpc) is 2.54. The number of nitrogens with two attached hydrogens (primary N) is 1. The first-order chi connectivity index (χ1) is 11.0. The summed E-state index contributed by atoms with van der Waals surface area (Å²) in [6, 6.07) is 10.1. The number of nitrogens with one attached hydrogen (secondary N) is 3. The second-order valence-electron chi connectivity index (χ2n) is 5.55. The standard InChI is InChI=1S/C17H24N6/c1-4-12-6-5-7-13(9-12)21-16-10-15(22-17(19)23-16)14(18)8-11(2)20-3/h5-7,9-11,18,20H,4,8H2,1-3H3,(H3,19,21,22,23)/t11-/m1/s1. The summed E-state index contributed by atoms with van der Waals surface area (Å²) in [7, 11) is 1.87. The predicted molar refractivity (Wildman–Crippen MR) is 95.5 cm³/mol. The molecule has 6 nitrogen and oxygen atoms in total. The topological polar surface area (TPSA) is 99.7 Å². The lowest BCUT2D eigenvalue weighted by molar-refractivity contribution is 0.632. The first-order valence-electron chi connectivity index (χ1n) is 7.77. The van der Waals surface area contributed by atoms with Crippen molar-refractivity contribution in [3.05, 3.63) is 41.6 Å². The SMILES string of the molecule is CCc1cccc(Nc2cc(C(=N)C[C@@H](C)NC)nc(N)n2)c1. The van der Waals surface area contributed by atoms with E-state index in [9.17, 15) is 0 Å². The van der Waals surface area contributed by atoms with Gasteiger partial charge in [0.15, 0.2) is 0 Å². The van der Waals surface area contributed by atoms with Gasteiger partial charge in [0.2, 0.25) is 5.95 Å². The molecule has 122 valence electrons. The molecule has 1 atom stereocenters. The van der Waals surface area contributed by atoms with E-state index in [2.05, 4.69) is 39.7 Å². The maximum absolute atomic E-state index is 8.19. The molecule has 0 aliphatic heterocycles. The van der Waals surface area contributed by atoms with Gasteiger partial charge in [0.25, 0.3) is 0 Å². The molecular formula is C17H24N6. The number of hydrogen-bond donors (Lipinski definition) is 4. The van der Waals surface area contributed by atoms with Gasteiger partial charge in [-0.2, -0.15) is 4.98 Å². The molecular weight excluding hydrogens is 288 g/mol. The fourth-order valence-electron chi connectivity index (χ4n) is 2.21. The lowest BCUT2D eigenvalue weighted by Crippen LogP contribution is -2.25. The summed E-state index contributed by atoms with van der Waals surface area (Å²) in [5, 5.41) is 14.5. The van der Waals surface area contributed by atoms with Gasteiger partial charge in [-0.05, 0) is 38.1 Å². The third-order valence-corrected chi connectivity index (χ3v) is 3.66. The summed E-state index contributed by atoms with van der Waals surface area (Å²) < 4.78 is 0. The van der Waals surface area contributed by atoms with Crippen molar-refractivity contribution in [1.82, 2.24) is 15.3 Å². The molecule has 1 aromatic heterocycles. The Hall–Kier alpha value is -2.47. The van der Waals surface area contributed by atoms with Gasteiger partial charge in [-0.1, -0.05) is 19.1 Å². The molecule has 0 aliphatic carbocycles. The van der Waals surface area contributed by atoms with Crippen molar-refractivity contribution in [2.45, 2.75) is 32.7 Å². The van der Waals surface area contributed by atoms with Gasteiger partial charge >= 0.3 is 0 Å². The van der Waals surface area contributed by atoms with E-state index in [1.54, 1.807) is 6.07 Å². The van der Waals surface area contributed by atoms with Gasteiger partial charge in [0, 0.05) is 24.2 Å². The van der Waals surface area contributed by atoms with Crippen LogP contribution in [-0.4, -0.2) is 28.8 Å². The van der Waals surface area contributed by atoms with Crippen LogP contribution < -0.4 is 16.4 Å². The molecule has 23 heavy (non-hydrogen) atoms. The molecule has 0 spiro atoms. The molecule has 0 saturated carbocycles. The van der Waals surface area contributed by atoms with E-state index in [0.717, 1.165) is 12.1 Å². The minimum atomic E-state index is 0.165. The Morgan fingerprint density at radius 3 is 2.78 bits per heavy atom. The third kappa shape index (κ3) is 4.75. The van der Waals surface area contributed by atoms with Crippen LogP contribution in [0.1, 0.15) is 31.5 Å².